The molecule has 0 saturated carbocycles. The molecule has 8 nitrogen and oxygen atoms in total. The highest BCUT2D eigenvalue weighted by Crippen LogP contribution is 2.19. The number of ether oxygens (including phenoxy) is 1. The molecule has 0 bridgehead atoms. The molecule has 1 amide bonds. The predicted molar refractivity (Wildman–Crippen MR) is 105 cm³/mol. The number of hydrogen-bond acceptors (Lipinski definition) is 6. The number of aryl methyl sites for hydroxylation is 2. The Morgan fingerprint density at radius 3 is 2.69 bits per heavy atom. The van der Waals surface area contributed by atoms with Gasteiger partial charge in [0.05, 0.1) is 23.7 Å². The van der Waals surface area contributed by atoms with E-state index in [1.165, 1.54) is 0 Å². The molecular weight excluding hydrogens is 372 g/mol. The summed E-state index contributed by atoms with van der Waals surface area (Å²) in [6.45, 7) is 4.52. The first-order valence-corrected chi connectivity index (χ1v) is 9.10. The van der Waals surface area contributed by atoms with Crippen LogP contribution in [-0.4, -0.2) is 20.8 Å². The van der Waals surface area contributed by atoms with Gasteiger partial charge in [0.1, 0.15) is 36.2 Å². The van der Waals surface area contributed by atoms with Crippen molar-refractivity contribution in [1.29, 1.82) is 0 Å². The second-order valence-electron chi connectivity index (χ2n) is 6.52. The standard InChI is InChI=1S/C21H20N4O4/c1-14-19(15(2)29-24-14)13-28-17-7-5-16(6-8-17)21(26)23-20-9-10-22-25(20)12-18-4-3-11-27-18/h3-11H,12-13H2,1-2H3,(H,23,26). The first kappa shape index (κ1) is 18.5. The van der Waals surface area contributed by atoms with Gasteiger partial charge in [-0.25, -0.2) is 4.68 Å². The summed E-state index contributed by atoms with van der Waals surface area (Å²) in [5.74, 6) is 2.51. The highest BCUT2D eigenvalue weighted by atomic mass is 16.5. The molecular formula is C21H20N4O4. The molecule has 4 aromatic rings. The van der Waals surface area contributed by atoms with Gasteiger partial charge in [0.25, 0.3) is 5.91 Å². The van der Waals surface area contributed by atoms with Crippen LogP contribution in [0.4, 0.5) is 5.82 Å². The minimum Gasteiger partial charge on any atom is -0.489 e. The van der Waals surface area contributed by atoms with Crippen molar-refractivity contribution in [3.05, 3.63) is 83.3 Å². The first-order chi connectivity index (χ1) is 14.1. The highest BCUT2D eigenvalue weighted by molar-refractivity contribution is 6.03. The fourth-order valence-corrected chi connectivity index (χ4v) is 2.87. The minimum absolute atomic E-state index is 0.233. The van der Waals surface area contributed by atoms with Crippen molar-refractivity contribution in [3.63, 3.8) is 0 Å². The summed E-state index contributed by atoms with van der Waals surface area (Å²) in [4.78, 5) is 12.6. The maximum atomic E-state index is 12.6. The summed E-state index contributed by atoms with van der Waals surface area (Å²) < 4.78 is 17.9. The molecule has 3 heterocycles. The summed E-state index contributed by atoms with van der Waals surface area (Å²) >= 11 is 0. The maximum absolute atomic E-state index is 12.6. The lowest BCUT2D eigenvalue weighted by molar-refractivity contribution is 0.102. The topological polar surface area (TPSA) is 95.3 Å². The molecule has 148 valence electrons. The van der Waals surface area contributed by atoms with Crippen LogP contribution >= 0.6 is 0 Å². The van der Waals surface area contributed by atoms with E-state index in [0.717, 1.165) is 22.8 Å². The Bertz CT molecular complexity index is 1070. The smallest absolute Gasteiger partial charge is 0.256 e. The maximum Gasteiger partial charge on any atom is 0.256 e. The number of anilines is 1. The van der Waals surface area contributed by atoms with Gasteiger partial charge in [0.15, 0.2) is 0 Å². The van der Waals surface area contributed by atoms with Crippen molar-refractivity contribution in [2.75, 3.05) is 5.32 Å². The monoisotopic (exact) mass is 392 g/mol. The third-order valence-corrected chi connectivity index (χ3v) is 4.52. The number of furan rings is 1. The van der Waals surface area contributed by atoms with Gasteiger partial charge in [-0.15, -0.1) is 0 Å². The van der Waals surface area contributed by atoms with Gasteiger partial charge in [0, 0.05) is 11.6 Å². The molecule has 1 N–H and O–H groups in total. The lowest BCUT2D eigenvalue weighted by Crippen LogP contribution is -2.16. The number of nitrogens with zero attached hydrogens (tertiary/aromatic N) is 3. The van der Waals surface area contributed by atoms with Gasteiger partial charge in [-0.05, 0) is 50.2 Å². The summed E-state index contributed by atoms with van der Waals surface area (Å²) in [5.41, 5.74) is 2.25. The van der Waals surface area contributed by atoms with Crippen molar-refractivity contribution < 1.29 is 18.5 Å². The van der Waals surface area contributed by atoms with E-state index < -0.39 is 0 Å². The Hall–Kier alpha value is -3.81. The normalized spacial score (nSPS) is 10.8. The number of rotatable bonds is 7. The van der Waals surface area contributed by atoms with Crippen LogP contribution in [0.15, 0.2) is 63.9 Å². The molecule has 29 heavy (non-hydrogen) atoms. The lowest BCUT2D eigenvalue weighted by atomic mass is 10.2. The third-order valence-electron chi connectivity index (χ3n) is 4.52. The zero-order valence-electron chi connectivity index (χ0n) is 16.1. The molecule has 1 aromatic carbocycles. The molecule has 0 aliphatic carbocycles. The largest absolute Gasteiger partial charge is 0.489 e. The second-order valence-corrected chi connectivity index (χ2v) is 6.52. The number of amides is 1. The number of carbonyl (C=O) groups is 1. The fraction of sp³-hybridized carbons (Fsp3) is 0.190. The molecule has 3 aromatic heterocycles. The van der Waals surface area contributed by atoms with Crippen LogP contribution in [0.1, 0.15) is 33.1 Å². The van der Waals surface area contributed by atoms with Gasteiger partial charge >= 0.3 is 0 Å². The molecule has 0 fully saturated rings. The number of hydrogen-bond donors (Lipinski definition) is 1. The molecule has 0 saturated heterocycles. The SMILES string of the molecule is Cc1noc(C)c1COc1ccc(C(=O)Nc2ccnn2Cc2ccco2)cc1. The molecule has 8 heteroatoms. The number of benzene rings is 1. The lowest BCUT2D eigenvalue weighted by Gasteiger charge is -2.09. The third kappa shape index (κ3) is 4.21. The molecule has 0 atom stereocenters. The van der Waals surface area contributed by atoms with E-state index in [2.05, 4.69) is 15.6 Å². The van der Waals surface area contributed by atoms with E-state index in [-0.39, 0.29) is 5.91 Å². The summed E-state index contributed by atoms with van der Waals surface area (Å²) in [7, 11) is 0. The molecule has 0 spiro atoms. The van der Waals surface area contributed by atoms with Crippen LogP contribution in [0.3, 0.4) is 0 Å². The van der Waals surface area contributed by atoms with Gasteiger partial charge in [-0.3, -0.25) is 4.79 Å². The Labute approximate surface area is 167 Å². The first-order valence-electron chi connectivity index (χ1n) is 9.10. The van der Waals surface area contributed by atoms with Crippen molar-refractivity contribution in [2.45, 2.75) is 27.0 Å². The van der Waals surface area contributed by atoms with E-state index in [1.54, 1.807) is 47.5 Å². The van der Waals surface area contributed by atoms with E-state index in [0.29, 0.717) is 30.3 Å². The molecule has 0 unspecified atom stereocenters. The van der Waals surface area contributed by atoms with Gasteiger partial charge < -0.3 is 19.0 Å². The quantitative estimate of drug-likeness (QED) is 0.511. The van der Waals surface area contributed by atoms with Crippen LogP contribution in [-0.2, 0) is 13.2 Å². The van der Waals surface area contributed by atoms with Crippen molar-refractivity contribution in [3.8, 4) is 5.75 Å². The van der Waals surface area contributed by atoms with Gasteiger partial charge in [-0.1, -0.05) is 5.16 Å². The second kappa shape index (κ2) is 8.05. The van der Waals surface area contributed by atoms with Crippen LogP contribution < -0.4 is 10.1 Å². The minimum atomic E-state index is -0.233. The van der Waals surface area contributed by atoms with Crippen LogP contribution in [0.25, 0.3) is 0 Å². The molecule has 0 radical (unpaired) electrons. The number of carbonyl (C=O) groups excluding carboxylic acids is 1. The van der Waals surface area contributed by atoms with E-state index >= 15 is 0 Å². The average Bonchev–Trinajstić information content (AvgIpc) is 3.45. The molecule has 0 aliphatic rings. The van der Waals surface area contributed by atoms with E-state index in [9.17, 15) is 4.79 Å². The summed E-state index contributed by atoms with van der Waals surface area (Å²) in [5, 5.41) is 11.0. The average molecular weight is 392 g/mol. The van der Waals surface area contributed by atoms with Gasteiger partial charge in [0.2, 0.25) is 0 Å². The highest BCUT2D eigenvalue weighted by Gasteiger charge is 2.12. The fourth-order valence-electron chi connectivity index (χ4n) is 2.87. The van der Waals surface area contributed by atoms with E-state index in [4.69, 9.17) is 13.7 Å². The zero-order valence-corrected chi connectivity index (χ0v) is 16.1. The van der Waals surface area contributed by atoms with Crippen molar-refractivity contribution in [2.24, 2.45) is 0 Å². The number of nitrogens with one attached hydrogen (secondary N) is 1. The Morgan fingerprint density at radius 1 is 1.17 bits per heavy atom. The number of aromatic nitrogens is 3. The van der Waals surface area contributed by atoms with Crippen LogP contribution in [0, 0.1) is 13.8 Å². The van der Waals surface area contributed by atoms with Crippen molar-refractivity contribution in [1.82, 2.24) is 14.9 Å². The summed E-state index contributed by atoms with van der Waals surface area (Å²) in [6, 6.07) is 12.3. The van der Waals surface area contributed by atoms with Gasteiger partial charge in [-0.2, -0.15) is 5.10 Å². The summed E-state index contributed by atoms with van der Waals surface area (Å²) in [6.07, 6.45) is 3.23. The zero-order chi connectivity index (χ0) is 20.2. The van der Waals surface area contributed by atoms with E-state index in [1.807, 2.05) is 26.0 Å². The van der Waals surface area contributed by atoms with Crippen molar-refractivity contribution >= 4 is 11.7 Å². The Balaban J connectivity index is 1.38. The van der Waals surface area contributed by atoms with Crippen LogP contribution in [0.2, 0.25) is 0 Å². The molecule has 0 aliphatic heterocycles. The Kier molecular flexibility index (Phi) is 5.15. The van der Waals surface area contributed by atoms with Crippen LogP contribution in [0.5, 0.6) is 5.75 Å². The Morgan fingerprint density at radius 2 is 2.00 bits per heavy atom. The predicted octanol–water partition coefficient (Wildman–Crippen LogP) is 3.96. The molecule has 4 rings (SSSR count).